The molecule has 8 N–H and O–H groups in total. The summed E-state index contributed by atoms with van der Waals surface area (Å²) in [7, 11) is 5.86. The van der Waals surface area contributed by atoms with Gasteiger partial charge in [0, 0.05) is 42.3 Å². The number of cyclic esters (lactones) is 4. The smallest absolute Gasteiger partial charge is 0.464 e. The first-order valence-electron chi connectivity index (χ1n) is 24.5. The minimum atomic E-state index is -0.711. The predicted octanol–water partition coefficient (Wildman–Crippen LogP) is 2.21. The lowest BCUT2D eigenvalue weighted by Gasteiger charge is -2.25. The Bertz CT molecular complexity index is 1530. The number of hydrogen-bond acceptors (Lipinski definition) is 26. The fourth-order valence-corrected chi connectivity index (χ4v) is 4.06. The van der Waals surface area contributed by atoms with E-state index in [0.29, 0.717) is 46.2 Å². The Kier molecular flexibility index (Phi) is 54.0. The lowest BCUT2D eigenvalue weighted by molar-refractivity contribution is -0.142. The molecule has 0 aromatic carbocycles. The molecule has 0 spiro atoms. The van der Waals surface area contributed by atoms with E-state index in [1.54, 1.807) is 62.9 Å². The Hall–Kier alpha value is -5.76. The predicted molar refractivity (Wildman–Crippen MR) is 276 cm³/mol. The molecule has 462 valence electrons. The van der Waals surface area contributed by atoms with Crippen molar-refractivity contribution in [2.24, 2.45) is 11.8 Å². The second-order valence-corrected chi connectivity index (χ2v) is 18.4. The van der Waals surface area contributed by atoms with Crippen molar-refractivity contribution >= 4 is 48.6 Å². The van der Waals surface area contributed by atoms with Gasteiger partial charge in [0.1, 0.15) is 62.9 Å². The van der Waals surface area contributed by atoms with Crippen LogP contribution in [0.25, 0.3) is 0 Å². The van der Waals surface area contributed by atoms with Crippen molar-refractivity contribution in [1.82, 2.24) is 21.3 Å². The SMILES string of the molecule is CC(=O)OCC(CO)NC(=O)OC(C)(C)C.CC(=O)OCC(CO)NC(=O)OCC(C)C.CC(C)(C)OC(=O)NC1COC(=O)OC1.CC(C)COC(=O)NC1COC(=O)OC1.CO.COCCO.COCCOCCOC. The fourth-order valence-electron chi connectivity index (χ4n) is 4.06. The summed E-state index contributed by atoms with van der Waals surface area (Å²) < 4.78 is 66.4. The number of ether oxygens (including phenoxy) is 14. The number of nitrogens with one attached hydrogen (secondary N) is 4. The zero-order chi connectivity index (χ0) is 61.1. The van der Waals surface area contributed by atoms with Crippen LogP contribution in [0.3, 0.4) is 0 Å². The van der Waals surface area contributed by atoms with Crippen molar-refractivity contribution in [3.8, 4) is 0 Å². The zero-order valence-corrected chi connectivity index (χ0v) is 48.5. The van der Waals surface area contributed by atoms with Gasteiger partial charge in [0.05, 0.1) is 78.2 Å². The fraction of sp³-hybridized carbons (Fsp3) is 0.833. The van der Waals surface area contributed by atoms with E-state index < -0.39 is 71.9 Å². The lowest BCUT2D eigenvalue weighted by atomic mass is 10.2. The van der Waals surface area contributed by atoms with Gasteiger partial charge < -0.3 is 108 Å². The van der Waals surface area contributed by atoms with E-state index in [2.05, 4.69) is 54.4 Å². The van der Waals surface area contributed by atoms with Crippen molar-refractivity contribution in [2.45, 2.75) is 118 Å². The maximum Gasteiger partial charge on any atom is 0.508 e. The number of carbonyl (C=O) groups excluding carboxylic acids is 8. The van der Waals surface area contributed by atoms with Crippen LogP contribution in [-0.4, -0.2) is 239 Å². The molecule has 2 saturated heterocycles. The number of carbonyl (C=O) groups is 8. The highest BCUT2D eigenvalue weighted by Gasteiger charge is 2.26. The van der Waals surface area contributed by atoms with Crippen LogP contribution < -0.4 is 21.3 Å². The molecule has 30 nitrogen and oxygen atoms in total. The quantitative estimate of drug-likeness (QED) is 0.0437. The Labute approximate surface area is 458 Å². The highest BCUT2D eigenvalue weighted by molar-refractivity contribution is 5.70. The first-order chi connectivity index (χ1) is 36.5. The van der Waals surface area contributed by atoms with Crippen LogP contribution in [0.2, 0.25) is 0 Å². The first-order valence-corrected chi connectivity index (χ1v) is 24.5. The average Bonchev–Trinajstić information content (AvgIpc) is 3.35. The Morgan fingerprint density at radius 3 is 1.14 bits per heavy atom. The van der Waals surface area contributed by atoms with E-state index in [-0.39, 0.29) is 83.4 Å². The molecule has 4 amide bonds. The van der Waals surface area contributed by atoms with Crippen molar-refractivity contribution in [1.29, 1.82) is 0 Å². The maximum atomic E-state index is 11.3. The molecule has 0 radical (unpaired) electrons. The third kappa shape index (κ3) is 64.5. The molecule has 78 heavy (non-hydrogen) atoms. The third-order valence-electron chi connectivity index (χ3n) is 7.37. The van der Waals surface area contributed by atoms with Crippen LogP contribution in [0.4, 0.5) is 28.8 Å². The Morgan fingerprint density at radius 2 is 0.846 bits per heavy atom. The molecule has 0 aliphatic carbocycles. The summed E-state index contributed by atoms with van der Waals surface area (Å²) in [6.07, 6.45) is -3.76. The molecule has 0 bridgehead atoms. The van der Waals surface area contributed by atoms with Crippen LogP contribution in [0.15, 0.2) is 0 Å². The van der Waals surface area contributed by atoms with Crippen molar-refractivity contribution in [3.05, 3.63) is 0 Å². The molecule has 2 heterocycles. The van der Waals surface area contributed by atoms with Gasteiger partial charge in [-0.05, 0) is 53.4 Å². The van der Waals surface area contributed by atoms with E-state index in [4.69, 9.17) is 53.6 Å². The molecule has 0 aromatic heterocycles. The lowest BCUT2D eigenvalue weighted by Crippen LogP contribution is -2.47. The van der Waals surface area contributed by atoms with Gasteiger partial charge in [0.25, 0.3) is 0 Å². The Balaban J connectivity index is -0.000000278. The molecular weight excluding hydrogens is 1050 g/mol. The number of methoxy groups -OCH3 is 3. The molecule has 2 atom stereocenters. The highest BCUT2D eigenvalue weighted by Crippen LogP contribution is 2.09. The van der Waals surface area contributed by atoms with Gasteiger partial charge in [-0.3, -0.25) is 9.59 Å². The van der Waals surface area contributed by atoms with Crippen molar-refractivity contribution in [3.63, 3.8) is 0 Å². The number of rotatable bonds is 22. The second kappa shape index (κ2) is 52.0. The maximum absolute atomic E-state index is 11.3. The monoisotopic (exact) mass is 1140 g/mol. The van der Waals surface area contributed by atoms with Gasteiger partial charge in [-0.15, -0.1) is 0 Å². The van der Waals surface area contributed by atoms with Crippen LogP contribution in [0.5, 0.6) is 0 Å². The summed E-state index contributed by atoms with van der Waals surface area (Å²) in [5, 5.41) is 42.6. The van der Waals surface area contributed by atoms with Crippen LogP contribution >= 0.6 is 0 Å². The third-order valence-corrected chi connectivity index (χ3v) is 7.37. The summed E-state index contributed by atoms with van der Waals surface area (Å²) in [4.78, 5) is 87.0. The van der Waals surface area contributed by atoms with Gasteiger partial charge in [-0.1, -0.05) is 27.7 Å². The molecular formula is C48H94N4O26. The minimum absolute atomic E-state index is 0.0669. The van der Waals surface area contributed by atoms with Gasteiger partial charge in [0.2, 0.25) is 0 Å². The van der Waals surface area contributed by atoms with E-state index >= 15 is 0 Å². The van der Waals surface area contributed by atoms with Gasteiger partial charge in [-0.2, -0.15) is 0 Å². The normalized spacial score (nSPS) is 13.5. The van der Waals surface area contributed by atoms with E-state index in [0.717, 1.165) is 7.11 Å². The largest absolute Gasteiger partial charge is 0.508 e. The zero-order valence-electron chi connectivity index (χ0n) is 48.5. The van der Waals surface area contributed by atoms with Crippen molar-refractivity contribution < 1.29 is 125 Å². The summed E-state index contributed by atoms with van der Waals surface area (Å²) in [6.45, 7) is 24.2. The summed E-state index contributed by atoms with van der Waals surface area (Å²) in [5.41, 5.74) is -1.15. The van der Waals surface area contributed by atoms with E-state index in [1.807, 2.05) is 27.7 Å². The summed E-state index contributed by atoms with van der Waals surface area (Å²) in [5.74, 6) is -0.400. The summed E-state index contributed by atoms with van der Waals surface area (Å²) >= 11 is 0. The number of hydrogen-bond donors (Lipinski definition) is 8. The van der Waals surface area contributed by atoms with Gasteiger partial charge in [0.15, 0.2) is 0 Å². The first kappa shape index (κ1) is 81.1. The van der Waals surface area contributed by atoms with Crippen LogP contribution in [0.1, 0.15) is 83.1 Å². The molecule has 0 saturated carbocycles. The minimum Gasteiger partial charge on any atom is -0.464 e. The van der Waals surface area contributed by atoms with Gasteiger partial charge in [-0.25, -0.2) is 28.8 Å². The molecule has 30 heteroatoms. The average molecular weight is 1140 g/mol. The number of aliphatic hydroxyl groups excluding tert-OH is 4. The standard InChI is InChI=1S/2C10H19NO5.2C9H15NO5.C6H14O3.C3H8O2.CH4O/c1-7(13)15-6-8(5-12)11-9(14)16-10(2,3)4;1-7(2)5-16-10(14)11-9(4-12)6-15-8(3)13;1-9(2,3)15-7(11)10-6-4-13-8(12)14-5-6;1-6(2)3-13-8(11)10-7-4-14-9(12)15-5-7;1-7-3-5-9-6-4-8-2;1-5-3-2-4;1-2/h8,12H,5-6H2,1-4H3,(H,11,14);7,9,12H,4-6H2,1-3H3,(H,11,14);6H,4-5H2,1-3H3,(H,10,11);6-7H,3-5H2,1-2H3,(H,10,11);3-6H2,1-2H3;4H,2-3H2,1H3;2H,1H3. The molecule has 2 aliphatic heterocycles. The van der Waals surface area contributed by atoms with Crippen LogP contribution in [-0.2, 0) is 75.9 Å². The number of aliphatic hydroxyl groups is 4. The van der Waals surface area contributed by atoms with Gasteiger partial charge >= 0.3 is 48.6 Å². The number of amides is 4. The van der Waals surface area contributed by atoms with Crippen LogP contribution in [0, 0.1) is 11.8 Å². The molecule has 2 rings (SSSR count). The molecule has 2 aliphatic rings. The number of esters is 2. The summed E-state index contributed by atoms with van der Waals surface area (Å²) in [6, 6.07) is -1.97. The van der Waals surface area contributed by atoms with Crippen molar-refractivity contribution in [2.75, 3.05) is 134 Å². The second-order valence-electron chi connectivity index (χ2n) is 18.4. The van der Waals surface area contributed by atoms with E-state index in [9.17, 15) is 38.4 Å². The molecule has 2 unspecified atom stereocenters. The number of alkyl carbamates (subject to hydrolysis) is 4. The Morgan fingerprint density at radius 1 is 0.513 bits per heavy atom. The molecule has 0 aromatic rings. The topological polar surface area (TPSA) is 395 Å². The molecule has 2 fully saturated rings. The van der Waals surface area contributed by atoms with E-state index in [1.165, 1.54) is 13.8 Å². The highest BCUT2D eigenvalue weighted by atomic mass is 16.7.